The summed E-state index contributed by atoms with van der Waals surface area (Å²) in [7, 11) is 0. The Morgan fingerprint density at radius 1 is 1.27 bits per heavy atom. The molecule has 0 saturated heterocycles. The van der Waals surface area contributed by atoms with E-state index in [0.29, 0.717) is 5.41 Å². The zero-order valence-corrected chi connectivity index (χ0v) is 10.3. The first kappa shape index (κ1) is 11.0. The van der Waals surface area contributed by atoms with Gasteiger partial charge in [0.2, 0.25) is 0 Å². The Hall–Kier alpha value is -0.520. The monoisotopic (exact) mass is 204 g/mol. The molecule has 0 aromatic rings. The lowest BCUT2D eigenvalue weighted by molar-refractivity contribution is 0.211. The van der Waals surface area contributed by atoms with Crippen LogP contribution >= 0.6 is 0 Å². The molecule has 1 saturated carbocycles. The molecule has 1 fully saturated rings. The summed E-state index contributed by atoms with van der Waals surface area (Å²) in [5.74, 6) is 0.785. The molecule has 0 heterocycles. The summed E-state index contributed by atoms with van der Waals surface area (Å²) in [6.45, 7) is 4.79. The summed E-state index contributed by atoms with van der Waals surface area (Å²) in [6.07, 6.45) is 16.8. The molecule has 84 valence electrons. The minimum atomic E-state index is 0.572. The van der Waals surface area contributed by atoms with Gasteiger partial charge in [0.25, 0.3) is 0 Å². The smallest absolute Gasteiger partial charge is 0.00848 e. The third-order valence-electron chi connectivity index (χ3n) is 4.53. The zero-order valence-electron chi connectivity index (χ0n) is 10.3. The van der Waals surface area contributed by atoms with Crippen LogP contribution in [0.1, 0.15) is 58.8 Å². The van der Waals surface area contributed by atoms with Crippen molar-refractivity contribution < 1.29 is 0 Å². The van der Waals surface area contributed by atoms with E-state index < -0.39 is 0 Å². The zero-order chi connectivity index (χ0) is 10.7. The Kier molecular flexibility index (Phi) is 3.33. The fraction of sp³-hybridized carbons (Fsp3) is 0.733. The third kappa shape index (κ3) is 2.04. The van der Waals surface area contributed by atoms with E-state index in [1.165, 1.54) is 44.9 Å². The first-order chi connectivity index (χ1) is 7.28. The highest BCUT2D eigenvalue weighted by Gasteiger charge is 2.35. The molecule has 0 spiro atoms. The van der Waals surface area contributed by atoms with Crippen LogP contribution in [0.25, 0.3) is 0 Å². The first-order valence-electron chi connectivity index (χ1n) is 6.66. The van der Waals surface area contributed by atoms with Crippen molar-refractivity contribution in [3.8, 4) is 0 Å². The van der Waals surface area contributed by atoms with Crippen LogP contribution in [-0.2, 0) is 0 Å². The third-order valence-corrected chi connectivity index (χ3v) is 4.53. The van der Waals surface area contributed by atoms with Gasteiger partial charge in [-0.05, 0) is 37.0 Å². The van der Waals surface area contributed by atoms with Crippen LogP contribution < -0.4 is 0 Å². The van der Waals surface area contributed by atoms with Crippen molar-refractivity contribution in [1.82, 2.24) is 0 Å². The highest BCUT2D eigenvalue weighted by Crippen LogP contribution is 2.49. The van der Waals surface area contributed by atoms with Crippen molar-refractivity contribution in [2.45, 2.75) is 58.8 Å². The molecule has 2 rings (SSSR count). The molecular weight excluding hydrogens is 180 g/mol. The summed E-state index contributed by atoms with van der Waals surface area (Å²) < 4.78 is 0. The van der Waals surface area contributed by atoms with Crippen LogP contribution in [0.3, 0.4) is 0 Å². The van der Waals surface area contributed by atoms with Crippen LogP contribution in [0.2, 0.25) is 0 Å². The Labute approximate surface area is 94.5 Å². The predicted molar refractivity (Wildman–Crippen MR) is 66.8 cm³/mol. The molecule has 2 aliphatic rings. The number of rotatable bonds is 2. The molecule has 0 aromatic heterocycles. The SMILES string of the molecule is CCC1(C2=CC=CCC2C)CCCCC1. The average molecular weight is 204 g/mol. The van der Waals surface area contributed by atoms with Gasteiger partial charge < -0.3 is 0 Å². The molecule has 15 heavy (non-hydrogen) atoms. The molecule has 0 radical (unpaired) electrons. The van der Waals surface area contributed by atoms with Gasteiger partial charge in [-0.25, -0.2) is 0 Å². The lowest BCUT2D eigenvalue weighted by atomic mass is 9.63. The van der Waals surface area contributed by atoms with E-state index in [1.807, 2.05) is 0 Å². The van der Waals surface area contributed by atoms with E-state index in [4.69, 9.17) is 0 Å². The van der Waals surface area contributed by atoms with E-state index in [1.54, 1.807) is 5.57 Å². The standard InChI is InChI=1S/C15H24/c1-3-15(11-7-4-8-12-15)14-10-6-5-9-13(14)2/h5-6,10,13H,3-4,7-9,11-12H2,1-2H3. The van der Waals surface area contributed by atoms with E-state index in [9.17, 15) is 0 Å². The van der Waals surface area contributed by atoms with E-state index in [0.717, 1.165) is 5.92 Å². The van der Waals surface area contributed by atoms with Gasteiger partial charge in [0.05, 0.1) is 0 Å². The number of hydrogen-bond acceptors (Lipinski definition) is 0. The molecular formula is C15H24. The molecule has 0 aliphatic heterocycles. The van der Waals surface area contributed by atoms with Crippen molar-refractivity contribution in [3.05, 3.63) is 23.8 Å². The summed E-state index contributed by atoms with van der Waals surface area (Å²) >= 11 is 0. The summed E-state index contributed by atoms with van der Waals surface area (Å²) in [4.78, 5) is 0. The topological polar surface area (TPSA) is 0 Å². The van der Waals surface area contributed by atoms with Gasteiger partial charge in [-0.1, -0.05) is 56.9 Å². The lowest BCUT2D eigenvalue weighted by Crippen LogP contribution is -2.29. The molecule has 2 aliphatic carbocycles. The molecule has 0 heteroatoms. The van der Waals surface area contributed by atoms with E-state index in [2.05, 4.69) is 32.1 Å². The summed E-state index contributed by atoms with van der Waals surface area (Å²) in [6, 6.07) is 0. The average Bonchev–Trinajstić information content (AvgIpc) is 2.30. The van der Waals surface area contributed by atoms with Crippen molar-refractivity contribution in [2.75, 3.05) is 0 Å². The quantitative estimate of drug-likeness (QED) is 0.602. The van der Waals surface area contributed by atoms with Gasteiger partial charge in [0.15, 0.2) is 0 Å². The van der Waals surface area contributed by atoms with Crippen molar-refractivity contribution >= 4 is 0 Å². The fourth-order valence-corrected chi connectivity index (χ4v) is 3.52. The molecule has 0 nitrogen and oxygen atoms in total. The van der Waals surface area contributed by atoms with Crippen LogP contribution in [-0.4, -0.2) is 0 Å². The minimum Gasteiger partial charge on any atom is -0.0840 e. The number of hydrogen-bond donors (Lipinski definition) is 0. The highest BCUT2D eigenvalue weighted by molar-refractivity contribution is 5.27. The molecule has 0 bridgehead atoms. The van der Waals surface area contributed by atoms with E-state index >= 15 is 0 Å². The molecule has 1 unspecified atom stereocenters. The van der Waals surface area contributed by atoms with Crippen molar-refractivity contribution in [2.24, 2.45) is 11.3 Å². The lowest BCUT2D eigenvalue weighted by Gasteiger charge is -2.42. The van der Waals surface area contributed by atoms with Crippen LogP contribution in [0.5, 0.6) is 0 Å². The van der Waals surface area contributed by atoms with Crippen molar-refractivity contribution in [1.29, 1.82) is 0 Å². The Morgan fingerprint density at radius 2 is 2.00 bits per heavy atom. The largest absolute Gasteiger partial charge is 0.0840 e. The van der Waals surface area contributed by atoms with E-state index in [-0.39, 0.29) is 0 Å². The van der Waals surface area contributed by atoms with Gasteiger partial charge in [0.1, 0.15) is 0 Å². The Balaban J connectivity index is 2.23. The first-order valence-corrected chi connectivity index (χ1v) is 6.66. The second-order valence-corrected chi connectivity index (χ2v) is 5.38. The van der Waals surface area contributed by atoms with Gasteiger partial charge in [-0.15, -0.1) is 0 Å². The maximum absolute atomic E-state index is 2.42. The highest BCUT2D eigenvalue weighted by atomic mass is 14.4. The van der Waals surface area contributed by atoms with Gasteiger partial charge in [-0.3, -0.25) is 0 Å². The maximum Gasteiger partial charge on any atom is -0.00848 e. The van der Waals surface area contributed by atoms with Crippen LogP contribution in [0.4, 0.5) is 0 Å². The van der Waals surface area contributed by atoms with Crippen LogP contribution in [0.15, 0.2) is 23.8 Å². The molecule has 0 aromatic carbocycles. The Bertz CT molecular complexity index is 264. The van der Waals surface area contributed by atoms with Gasteiger partial charge in [-0.2, -0.15) is 0 Å². The molecule has 1 atom stereocenters. The molecule has 0 N–H and O–H groups in total. The van der Waals surface area contributed by atoms with Crippen LogP contribution in [0, 0.1) is 11.3 Å². The second-order valence-electron chi connectivity index (χ2n) is 5.38. The summed E-state index contributed by atoms with van der Waals surface area (Å²) in [5.41, 5.74) is 2.33. The normalized spacial score (nSPS) is 30.0. The fourth-order valence-electron chi connectivity index (χ4n) is 3.52. The maximum atomic E-state index is 2.42. The van der Waals surface area contributed by atoms with Gasteiger partial charge >= 0.3 is 0 Å². The number of allylic oxidation sites excluding steroid dienone is 4. The minimum absolute atomic E-state index is 0.572. The predicted octanol–water partition coefficient (Wildman–Crippen LogP) is 4.87. The van der Waals surface area contributed by atoms with Crippen molar-refractivity contribution in [3.63, 3.8) is 0 Å². The van der Waals surface area contributed by atoms with Gasteiger partial charge in [0, 0.05) is 0 Å². The second kappa shape index (κ2) is 4.55. The summed E-state index contributed by atoms with van der Waals surface area (Å²) in [5, 5.41) is 0. The molecule has 0 amide bonds. The Morgan fingerprint density at radius 3 is 2.60 bits per heavy atom.